The fourth-order valence-electron chi connectivity index (χ4n) is 2.76. The first kappa shape index (κ1) is 14.4. The van der Waals surface area contributed by atoms with E-state index in [2.05, 4.69) is 4.90 Å². The number of ether oxygens (including phenoxy) is 1. The first-order valence-electron chi connectivity index (χ1n) is 6.53. The van der Waals surface area contributed by atoms with Gasteiger partial charge in [0.1, 0.15) is 11.6 Å². The molecule has 1 aliphatic heterocycles. The maximum Gasteiger partial charge on any atom is 0.130 e. The number of hydrogen-bond donors (Lipinski definition) is 1. The van der Waals surface area contributed by atoms with Gasteiger partial charge in [0.2, 0.25) is 0 Å². The number of likely N-dealkylation sites (tertiary alicyclic amines) is 1. The summed E-state index contributed by atoms with van der Waals surface area (Å²) >= 11 is 0. The zero-order chi connectivity index (χ0) is 13.8. The van der Waals surface area contributed by atoms with Gasteiger partial charge < -0.3 is 10.5 Å². The molecule has 0 saturated carbocycles. The number of nitrogens with two attached hydrogens (primary N) is 1. The van der Waals surface area contributed by atoms with Gasteiger partial charge in [0.05, 0.1) is 6.61 Å². The molecule has 2 N–H and O–H groups in total. The van der Waals surface area contributed by atoms with Gasteiger partial charge in [-0.1, -0.05) is 6.07 Å². The molecule has 0 aromatic heterocycles. The number of methoxy groups -OCH3 is 1. The van der Waals surface area contributed by atoms with Gasteiger partial charge >= 0.3 is 0 Å². The third kappa shape index (κ3) is 3.29. The van der Waals surface area contributed by atoms with Gasteiger partial charge in [-0.05, 0) is 24.9 Å². The molecule has 2 rings (SSSR count). The molecule has 1 saturated heterocycles. The van der Waals surface area contributed by atoms with Crippen molar-refractivity contribution in [3.8, 4) is 0 Å². The molecular formula is C14H20F2N2O. The van der Waals surface area contributed by atoms with E-state index >= 15 is 0 Å². The first-order chi connectivity index (χ1) is 9.15. The summed E-state index contributed by atoms with van der Waals surface area (Å²) in [5.41, 5.74) is 6.25. The minimum Gasteiger partial charge on any atom is -0.384 e. The molecule has 0 aliphatic carbocycles. The second-order valence-corrected chi connectivity index (χ2v) is 5.02. The zero-order valence-corrected chi connectivity index (χ0v) is 11.1. The lowest BCUT2D eigenvalue weighted by Gasteiger charge is -2.27. The highest BCUT2D eigenvalue weighted by atomic mass is 19.1. The van der Waals surface area contributed by atoms with Crippen LogP contribution in [-0.2, 0) is 4.74 Å². The van der Waals surface area contributed by atoms with Crippen LogP contribution in [0.15, 0.2) is 18.2 Å². The summed E-state index contributed by atoms with van der Waals surface area (Å²) in [5, 5.41) is 0. The van der Waals surface area contributed by atoms with Crippen LogP contribution in [0.25, 0.3) is 0 Å². The quantitative estimate of drug-likeness (QED) is 0.888. The lowest BCUT2D eigenvalue weighted by atomic mass is 10.0. The van der Waals surface area contributed by atoms with Crippen LogP contribution in [0.5, 0.6) is 0 Å². The Hall–Kier alpha value is -1.04. The number of halogens is 2. The second kappa shape index (κ2) is 6.41. The van der Waals surface area contributed by atoms with E-state index in [-0.39, 0.29) is 6.04 Å². The molecule has 1 heterocycles. The van der Waals surface area contributed by atoms with Crippen LogP contribution in [-0.4, -0.2) is 38.3 Å². The van der Waals surface area contributed by atoms with Gasteiger partial charge in [0.25, 0.3) is 0 Å². The van der Waals surface area contributed by atoms with Gasteiger partial charge in [-0.15, -0.1) is 0 Å². The minimum absolute atomic E-state index is 0.192. The molecule has 1 aromatic carbocycles. The van der Waals surface area contributed by atoms with Crippen molar-refractivity contribution in [3.05, 3.63) is 35.4 Å². The fraction of sp³-hybridized carbons (Fsp3) is 0.571. The predicted octanol–water partition coefficient (Wildman–Crippen LogP) is 1.93. The first-order valence-corrected chi connectivity index (χ1v) is 6.53. The molecule has 19 heavy (non-hydrogen) atoms. The third-order valence-corrected chi connectivity index (χ3v) is 3.71. The van der Waals surface area contributed by atoms with Gasteiger partial charge in [-0.25, -0.2) is 8.78 Å². The summed E-state index contributed by atoms with van der Waals surface area (Å²) in [4.78, 5) is 2.15. The van der Waals surface area contributed by atoms with Crippen LogP contribution in [0.3, 0.4) is 0 Å². The number of nitrogens with zero attached hydrogens (tertiary/aromatic N) is 1. The van der Waals surface area contributed by atoms with E-state index in [1.807, 2.05) is 0 Å². The van der Waals surface area contributed by atoms with E-state index in [9.17, 15) is 8.78 Å². The number of rotatable bonds is 5. The van der Waals surface area contributed by atoms with Crippen molar-refractivity contribution in [1.29, 1.82) is 0 Å². The summed E-state index contributed by atoms with van der Waals surface area (Å²) < 4.78 is 31.9. The van der Waals surface area contributed by atoms with Crippen LogP contribution in [0, 0.1) is 17.6 Å². The summed E-state index contributed by atoms with van der Waals surface area (Å²) in [5.74, 6) is -0.621. The highest BCUT2D eigenvalue weighted by Gasteiger charge is 2.29. The predicted molar refractivity (Wildman–Crippen MR) is 69.7 cm³/mol. The standard InChI is InChI=1S/C14H20F2N2O/c1-19-9-10-4-5-18(8-10)14(7-17)12-3-2-11(15)6-13(12)16/h2-3,6,10,14H,4-5,7-9,17H2,1H3. The molecule has 0 bridgehead atoms. The molecule has 0 amide bonds. The molecule has 5 heteroatoms. The Morgan fingerprint density at radius 2 is 2.26 bits per heavy atom. The van der Waals surface area contributed by atoms with E-state index in [0.29, 0.717) is 24.6 Å². The summed E-state index contributed by atoms with van der Waals surface area (Å²) in [6.45, 7) is 2.74. The SMILES string of the molecule is COCC1CCN(C(CN)c2ccc(F)cc2F)C1. The Morgan fingerprint density at radius 1 is 1.47 bits per heavy atom. The lowest BCUT2D eigenvalue weighted by Crippen LogP contribution is -2.33. The van der Waals surface area contributed by atoms with Crippen LogP contribution < -0.4 is 5.73 Å². The Balaban J connectivity index is 2.12. The van der Waals surface area contributed by atoms with Crippen molar-refractivity contribution in [2.75, 3.05) is 33.4 Å². The molecule has 106 valence electrons. The summed E-state index contributed by atoms with van der Waals surface area (Å²) in [7, 11) is 1.68. The van der Waals surface area contributed by atoms with Gasteiger partial charge in [-0.3, -0.25) is 4.90 Å². The maximum absolute atomic E-state index is 13.8. The average Bonchev–Trinajstić information content (AvgIpc) is 2.82. The van der Waals surface area contributed by atoms with Crippen molar-refractivity contribution in [3.63, 3.8) is 0 Å². The molecule has 0 radical (unpaired) electrons. The Labute approximate surface area is 112 Å². The molecule has 0 spiro atoms. The Kier molecular flexibility index (Phi) is 4.85. The lowest BCUT2D eigenvalue weighted by molar-refractivity contribution is 0.147. The Morgan fingerprint density at radius 3 is 2.89 bits per heavy atom. The van der Waals surface area contributed by atoms with E-state index < -0.39 is 11.6 Å². The maximum atomic E-state index is 13.8. The number of benzene rings is 1. The number of hydrogen-bond acceptors (Lipinski definition) is 3. The van der Waals surface area contributed by atoms with Crippen molar-refractivity contribution in [2.24, 2.45) is 11.7 Å². The Bertz CT molecular complexity index is 428. The molecule has 1 fully saturated rings. The molecule has 1 aromatic rings. The van der Waals surface area contributed by atoms with E-state index in [1.54, 1.807) is 7.11 Å². The second-order valence-electron chi connectivity index (χ2n) is 5.02. The largest absolute Gasteiger partial charge is 0.384 e. The summed E-state index contributed by atoms with van der Waals surface area (Å²) in [6, 6.07) is 3.50. The zero-order valence-electron chi connectivity index (χ0n) is 11.1. The van der Waals surface area contributed by atoms with Crippen LogP contribution in [0.1, 0.15) is 18.0 Å². The molecule has 1 aliphatic rings. The van der Waals surface area contributed by atoms with E-state index in [4.69, 9.17) is 10.5 Å². The topological polar surface area (TPSA) is 38.5 Å². The fourth-order valence-corrected chi connectivity index (χ4v) is 2.76. The van der Waals surface area contributed by atoms with E-state index in [0.717, 1.165) is 25.6 Å². The molecule has 2 atom stereocenters. The van der Waals surface area contributed by atoms with Crippen molar-refractivity contribution in [2.45, 2.75) is 12.5 Å². The average molecular weight is 270 g/mol. The van der Waals surface area contributed by atoms with Crippen LogP contribution >= 0.6 is 0 Å². The van der Waals surface area contributed by atoms with Crippen LogP contribution in [0.4, 0.5) is 8.78 Å². The highest BCUT2D eigenvalue weighted by molar-refractivity contribution is 5.23. The third-order valence-electron chi connectivity index (χ3n) is 3.71. The van der Waals surface area contributed by atoms with Gasteiger partial charge in [0, 0.05) is 37.9 Å². The normalized spacial score (nSPS) is 21.8. The monoisotopic (exact) mass is 270 g/mol. The van der Waals surface area contributed by atoms with Crippen molar-refractivity contribution in [1.82, 2.24) is 4.90 Å². The summed E-state index contributed by atoms with van der Waals surface area (Å²) in [6.07, 6.45) is 1.02. The van der Waals surface area contributed by atoms with Gasteiger partial charge in [-0.2, -0.15) is 0 Å². The van der Waals surface area contributed by atoms with Crippen molar-refractivity contribution < 1.29 is 13.5 Å². The van der Waals surface area contributed by atoms with Crippen LogP contribution in [0.2, 0.25) is 0 Å². The van der Waals surface area contributed by atoms with Crippen molar-refractivity contribution >= 4 is 0 Å². The van der Waals surface area contributed by atoms with E-state index in [1.165, 1.54) is 12.1 Å². The molecular weight excluding hydrogens is 250 g/mol. The molecule has 2 unspecified atom stereocenters. The van der Waals surface area contributed by atoms with Gasteiger partial charge in [0.15, 0.2) is 0 Å². The highest BCUT2D eigenvalue weighted by Crippen LogP contribution is 2.28. The minimum atomic E-state index is -0.560. The molecule has 3 nitrogen and oxygen atoms in total. The smallest absolute Gasteiger partial charge is 0.130 e.